The van der Waals surface area contributed by atoms with Crippen LogP contribution in [0.15, 0.2) is 36.7 Å². The van der Waals surface area contributed by atoms with Crippen molar-refractivity contribution >= 4 is 11.6 Å². The Kier molecular flexibility index (Phi) is 3.62. The van der Waals surface area contributed by atoms with Crippen LogP contribution in [0.25, 0.3) is 0 Å². The van der Waals surface area contributed by atoms with Crippen LogP contribution in [0, 0.1) is 0 Å². The molecular formula is C14H14ClN3O. The summed E-state index contributed by atoms with van der Waals surface area (Å²) in [6.45, 7) is 1.04. The Morgan fingerprint density at radius 2 is 2.05 bits per heavy atom. The molecule has 1 N–H and O–H groups in total. The van der Waals surface area contributed by atoms with E-state index >= 15 is 0 Å². The molecule has 3 rings (SSSR count). The predicted molar refractivity (Wildman–Crippen MR) is 73.5 cm³/mol. The van der Waals surface area contributed by atoms with E-state index in [9.17, 15) is 0 Å². The minimum Gasteiger partial charge on any atom is -0.437 e. The normalized spacial score (nSPS) is 18.5. The first-order valence-corrected chi connectivity index (χ1v) is 6.68. The number of rotatable bonds is 3. The molecule has 1 aliphatic rings. The molecule has 0 radical (unpaired) electrons. The van der Waals surface area contributed by atoms with Gasteiger partial charge in [0.25, 0.3) is 0 Å². The second-order valence-corrected chi connectivity index (χ2v) is 4.92. The summed E-state index contributed by atoms with van der Waals surface area (Å²) in [5, 5.41) is 4.08. The molecule has 2 heterocycles. The summed E-state index contributed by atoms with van der Waals surface area (Å²) in [7, 11) is 0. The lowest BCUT2D eigenvalue weighted by Crippen LogP contribution is -2.14. The van der Waals surface area contributed by atoms with E-state index < -0.39 is 0 Å². The zero-order valence-corrected chi connectivity index (χ0v) is 11.1. The van der Waals surface area contributed by atoms with Gasteiger partial charge in [0.05, 0.1) is 24.1 Å². The average molecular weight is 276 g/mol. The Hall–Kier alpha value is -1.65. The summed E-state index contributed by atoms with van der Waals surface area (Å²) in [5.74, 6) is 1.21. The lowest BCUT2D eigenvalue weighted by Gasteiger charge is -2.10. The number of hydrogen-bond acceptors (Lipinski definition) is 4. The number of benzene rings is 1. The summed E-state index contributed by atoms with van der Waals surface area (Å²) < 4.78 is 5.67. The fourth-order valence-corrected chi connectivity index (χ4v) is 2.27. The number of aromatic nitrogens is 2. The molecule has 1 aliphatic heterocycles. The fourth-order valence-electron chi connectivity index (χ4n) is 2.14. The second-order valence-electron chi connectivity index (χ2n) is 4.49. The van der Waals surface area contributed by atoms with Crippen molar-refractivity contribution in [3.8, 4) is 11.6 Å². The molecular weight excluding hydrogens is 262 g/mol. The SMILES string of the molecule is Clc1ccc(Oc2cncc(C3CCCN3)n2)cc1. The van der Waals surface area contributed by atoms with Crippen LogP contribution < -0.4 is 10.1 Å². The first-order valence-electron chi connectivity index (χ1n) is 6.30. The second kappa shape index (κ2) is 5.55. The van der Waals surface area contributed by atoms with Gasteiger partial charge in [0.15, 0.2) is 0 Å². The lowest BCUT2D eigenvalue weighted by molar-refractivity contribution is 0.453. The summed E-state index contributed by atoms with van der Waals surface area (Å²) in [6, 6.07) is 7.48. The third-order valence-electron chi connectivity index (χ3n) is 3.08. The first-order chi connectivity index (χ1) is 9.31. The number of nitrogens with one attached hydrogen (secondary N) is 1. The van der Waals surface area contributed by atoms with Crippen molar-refractivity contribution in [3.05, 3.63) is 47.4 Å². The standard InChI is InChI=1S/C14H14ClN3O/c15-10-3-5-11(6-4-10)19-14-9-16-8-13(18-14)12-2-1-7-17-12/h3-6,8-9,12,17H,1-2,7H2. The highest BCUT2D eigenvalue weighted by Crippen LogP contribution is 2.25. The van der Waals surface area contributed by atoms with E-state index in [0.717, 1.165) is 18.7 Å². The van der Waals surface area contributed by atoms with Gasteiger partial charge in [-0.3, -0.25) is 4.98 Å². The molecule has 0 amide bonds. The van der Waals surface area contributed by atoms with Crippen LogP contribution in [0.1, 0.15) is 24.6 Å². The number of ether oxygens (including phenoxy) is 1. The van der Waals surface area contributed by atoms with E-state index in [1.54, 1.807) is 24.5 Å². The lowest BCUT2D eigenvalue weighted by atomic mass is 10.2. The summed E-state index contributed by atoms with van der Waals surface area (Å²) in [5.41, 5.74) is 0.934. The highest BCUT2D eigenvalue weighted by Gasteiger charge is 2.18. The maximum absolute atomic E-state index is 5.83. The molecule has 0 saturated carbocycles. The van der Waals surface area contributed by atoms with Crippen LogP contribution in [-0.4, -0.2) is 16.5 Å². The highest BCUT2D eigenvalue weighted by atomic mass is 35.5. The molecule has 1 aromatic carbocycles. The van der Waals surface area contributed by atoms with Crippen molar-refractivity contribution in [2.45, 2.75) is 18.9 Å². The van der Waals surface area contributed by atoms with Gasteiger partial charge in [0.1, 0.15) is 5.75 Å². The van der Waals surface area contributed by atoms with Crippen LogP contribution in [0.4, 0.5) is 0 Å². The third kappa shape index (κ3) is 3.03. The first kappa shape index (κ1) is 12.4. The molecule has 1 saturated heterocycles. The highest BCUT2D eigenvalue weighted by molar-refractivity contribution is 6.30. The maximum atomic E-state index is 5.83. The molecule has 5 heteroatoms. The Bertz CT molecular complexity index is 553. The quantitative estimate of drug-likeness (QED) is 0.933. The van der Waals surface area contributed by atoms with E-state index in [2.05, 4.69) is 15.3 Å². The van der Waals surface area contributed by atoms with Gasteiger partial charge in [-0.15, -0.1) is 0 Å². The zero-order valence-electron chi connectivity index (χ0n) is 10.3. The van der Waals surface area contributed by atoms with E-state index in [-0.39, 0.29) is 0 Å². The minimum absolute atomic E-state index is 0.293. The monoisotopic (exact) mass is 275 g/mol. The van der Waals surface area contributed by atoms with E-state index in [0.29, 0.717) is 22.7 Å². The molecule has 4 nitrogen and oxygen atoms in total. The van der Waals surface area contributed by atoms with E-state index in [4.69, 9.17) is 16.3 Å². The van der Waals surface area contributed by atoms with Gasteiger partial charge >= 0.3 is 0 Å². The molecule has 1 fully saturated rings. The summed E-state index contributed by atoms with van der Waals surface area (Å²) in [6.07, 6.45) is 5.68. The van der Waals surface area contributed by atoms with Crippen LogP contribution in [-0.2, 0) is 0 Å². The van der Waals surface area contributed by atoms with Gasteiger partial charge in [-0.1, -0.05) is 11.6 Å². The summed E-state index contributed by atoms with van der Waals surface area (Å²) >= 11 is 5.83. The van der Waals surface area contributed by atoms with Crippen LogP contribution >= 0.6 is 11.6 Å². The van der Waals surface area contributed by atoms with Gasteiger partial charge in [-0.2, -0.15) is 0 Å². The fraction of sp³-hybridized carbons (Fsp3) is 0.286. The Morgan fingerprint density at radius 1 is 1.21 bits per heavy atom. The molecule has 1 unspecified atom stereocenters. The van der Waals surface area contributed by atoms with Crippen LogP contribution in [0.3, 0.4) is 0 Å². The van der Waals surface area contributed by atoms with Crippen LogP contribution in [0.5, 0.6) is 11.6 Å². The van der Waals surface area contributed by atoms with E-state index in [1.807, 2.05) is 12.1 Å². The molecule has 19 heavy (non-hydrogen) atoms. The van der Waals surface area contributed by atoms with Crippen molar-refractivity contribution in [1.82, 2.24) is 15.3 Å². The summed E-state index contributed by atoms with van der Waals surface area (Å²) in [4.78, 5) is 8.68. The number of halogens is 1. The zero-order chi connectivity index (χ0) is 13.1. The van der Waals surface area contributed by atoms with Gasteiger partial charge < -0.3 is 10.1 Å². The largest absolute Gasteiger partial charge is 0.437 e. The molecule has 0 spiro atoms. The minimum atomic E-state index is 0.293. The van der Waals surface area contributed by atoms with Crippen molar-refractivity contribution in [1.29, 1.82) is 0 Å². The predicted octanol–water partition coefficient (Wildman–Crippen LogP) is 3.35. The molecule has 2 aromatic rings. The Balaban J connectivity index is 1.77. The van der Waals surface area contributed by atoms with Crippen molar-refractivity contribution in [3.63, 3.8) is 0 Å². The topological polar surface area (TPSA) is 47.0 Å². The smallest absolute Gasteiger partial charge is 0.238 e. The molecule has 1 atom stereocenters. The van der Waals surface area contributed by atoms with Crippen molar-refractivity contribution in [2.75, 3.05) is 6.54 Å². The Morgan fingerprint density at radius 3 is 2.79 bits per heavy atom. The average Bonchev–Trinajstić information content (AvgIpc) is 2.96. The molecule has 1 aromatic heterocycles. The van der Waals surface area contributed by atoms with Gasteiger partial charge in [-0.05, 0) is 43.7 Å². The third-order valence-corrected chi connectivity index (χ3v) is 3.34. The molecule has 0 aliphatic carbocycles. The number of hydrogen-bond donors (Lipinski definition) is 1. The maximum Gasteiger partial charge on any atom is 0.238 e. The van der Waals surface area contributed by atoms with Crippen molar-refractivity contribution < 1.29 is 4.74 Å². The van der Waals surface area contributed by atoms with Crippen molar-refractivity contribution in [2.24, 2.45) is 0 Å². The number of nitrogens with zero attached hydrogens (tertiary/aromatic N) is 2. The van der Waals surface area contributed by atoms with Gasteiger partial charge in [0, 0.05) is 5.02 Å². The molecule has 98 valence electrons. The van der Waals surface area contributed by atoms with E-state index in [1.165, 1.54) is 6.42 Å². The van der Waals surface area contributed by atoms with Crippen LogP contribution in [0.2, 0.25) is 5.02 Å². The van der Waals surface area contributed by atoms with Gasteiger partial charge in [0.2, 0.25) is 5.88 Å². The van der Waals surface area contributed by atoms with Gasteiger partial charge in [-0.25, -0.2) is 4.98 Å². The molecule has 0 bridgehead atoms. The Labute approximate surface area is 116 Å².